The lowest BCUT2D eigenvalue weighted by Gasteiger charge is -2.27. The minimum Gasteiger partial charge on any atom is -0.464 e. The van der Waals surface area contributed by atoms with Gasteiger partial charge in [0.15, 0.2) is 11.5 Å². The number of carbonyl (C=O) groups is 2. The van der Waals surface area contributed by atoms with Gasteiger partial charge in [-0.3, -0.25) is 4.79 Å². The molecule has 2 heterocycles. The van der Waals surface area contributed by atoms with Crippen molar-refractivity contribution in [2.75, 3.05) is 25.2 Å². The van der Waals surface area contributed by atoms with E-state index in [-0.39, 0.29) is 25.3 Å². The van der Waals surface area contributed by atoms with Crippen molar-refractivity contribution in [3.05, 3.63) is 77.7 Å². The molecule has 1 aliphatic heterocycles. The van der Waals surface area contributed by atoms with Gasteiger partial charge in [0, 0.05) is 18.8 Å². The normalized spacial score (nSPS) is 11.8. The van der Waals surface area contributed by atoms with Crippen LogP contribution in [0, 0.1) is 6.92 Å². The van der Waals surface area contributed by atoms with E-state index in [1.807, 2.05) is 74.5 Å². The van der Waals surface area contributed by atoms with E-state index in [1.165, 1.54) is 4.90 Å². The summed E-state index contributed by atoms with van der Waals surface area (Å²) in [5, 5.41) is 2.87. The summed E-state index contributed by atoms with van der Waals surface area (Å²) in [4.78, 5) is 29.6. The Morgan fingerprint density at radius 3 is 2.47 bits per heavy atom. The van der Waals surface area contributed by atoms with E-state index in [2.05, 4.69) is 5.32 Å². The van der Waals surface area contributed by atoms with Crippen molar-refractivity contribution in [3.8, 4) is 11.5 Å². The largest absolute Gasteiger partial charge is 0.464 e. The molecule has 1 N–H and O–H groups in total. The summed E-state index contributed by atoms with van der Waals surface area (Å²) >= 11 is 0. The summed E-state index contributed by atoms with van der Waals surface area (Å²) in [6.45, 7) is 5.08. The molecule has 178 valence electrons. The topological polar surface area (TPSA) is 84.2 Å². The standard InChI is InChI=1S/C26H29N3O5/c1-3-13-28(26(31)27-21-7-5-4-6-8-21)17-25(30)29(16-22-11-9-19(2)34-22)15-20-10-12-23-24(14-20)33-18-32-23/h4-12,14H,3,13,15-18H2,1-2H3,(H,27,31). The number of nitrogens with one attached hydrogen (secondary N) is 1. The monoisotopic (exact) mass is 463 g/mol. The van der Waals surface area contributed by atoms with Gasteiger partial charge < -0.3 is 29.0 Å². The first-order chi connectivity index (χ1) is 16.5. The van der Waals surface area contributed by atoms with Gasteiger partial charge in [0.1, 0.15) is 18.1 Å². The molecule has 34 heavy (non-hydrogen) atoms. The fraction of sp³-hybridized carbons (Fsp3) is 0.308. The van der Waals surface area contributed by atoms with Crippen molar-refractivity contribution in [1.82, 2.24) is 9.80 Å². The van der Waals surface area contributed by atoms with Gasteiger partial charge in [0.2, 0.25) is 12.7 Å². The molecule has 0 unspecified atom stereocenters. The minimum atomic E-state index is -0.307. The number of fused-ring (bicyclic) bond motifs is 1. The molecule has 0 fully saturated rings. The summed E-state index contributed by atoms with van der Waals surface area (Å²) in [6, 6.07) is 18.3. The maximum atomic E-state index is 13.4. The summed E-state index contributed by atoms with van der Waals surface area (Å²) < 4.78 is 16.6. The Kier molecular flexibility index (Phi) is 7.37. The summed E-state index contributed by atoms with van der Waals surface area (Å²) in [5.74, 6) is 2.63. The third-order valence-electron chi connectivity index (χ3n) is 5.44. The fourth-order valence-electron chi connectivity index (χ4n) is 3.76. The number of carbonyl (C=O) groups excluding carboxylic acids is 2. The van der Waals surface area contributed by atoms with Crippen LogP contribution in [0.5, 0.6) is 11.5 Å². The number of aryl methyl sites for hydroxylation is 1. The molecular weight excluding hydrogens is 434 g/mol. The second-order valence-electron chi connectivity index (χ2n) is 8.17. The van der Waals surface area contributed by atoms with Gasteiger partial charge in [-0.25, -0.2) is 4.79 Å². The predicted molar refractivity (Wildman–Crippen MR) is 128 cm³/mol. The van der Waals surface area contributed by atoms with Crippen molar-refractivity contribution in [2.24, 2.45) is 0 Å². The average Bonchev–Trinajstić information content (AvgIpc) is 3.47. The average molecular weight is 464 g/mol. The van der Waals surface area contributed by atoms with Gasteiger partial charge in [-0.1, -0.05) is 31.2 Å². The zero-order chi connectivity index (χ0) is 23.9. The van der Waals surface area contributed by atoms with Crippen LogP contribution in [0.3, 0.4) is 0 Å². The van der Waals surface area contributed by atoms with E-state index < -0.39 is 0 Å². The van der Waals surface area contributed by atoms with E-state index in [0.29, 0.717) is 42.6 Å². The number of benzene rings is 2. The molecule has 0 aliphatic carbocycles. The van der Waals surface area contributed by atoms with Crippen LogP contribution < -0.4 is 14.8 Å². The van der Waals surface area contributed by atoms with Gasteiger partial charge >= 0.3 is 6.03 Å². The van der Waals surface area contributed by atoms with Gasteiger partial charge in [-0.05, 0) is 55.3 Å². The Morgan fingerprint density at radius 2 is 1.74 bits per heavy atom. The number of rotatable bonds is 9. The van der Waals surface area contributed by atoms with Gasteiger partial charge in [0.25, 0.3) is 0 Å². The van der Waals surface area contributed by atoms with Crippen molar-refractivity contribution >= 4 is 17.6 Å². The van der Waals surface area contributed by atoms with E-state index >= 15 is 0 Å². The van der Waals surface area contributed by atoms with Gasteiger partial charge in [0.05, 0.1) is 6.54 Å². The summed E-state index contributed by atoms with van der Waals surface area (Å²) in [6.07, 6.45) is 0.731. The van der Waals surface area contributed by atoms with E-state index in [0.717, 1.165) is 17.7 Å². The molecular formula is C26H29N3O5. The molecule has 3 amide bonds. The number of para-hydroxylation sites is 1. The third kappa shape index (κ3) is 5.89. The Balaban J connectivity index is 1.50. The molecule has 0 atom stereocenters. The van der Waals surface area contributed by atoms with E-state index in [9.17, 15) is 9.59 Å². The van der Waals surface area contributed by atoms with Crippen molar-refractivity contribution in [1.29, 1.82) is 0 Å². The maximum Gasteiger partial charge on any atom is 0.322 e. The van der Waals surface area contributed by atoms with Crippen molar-refractivity contribution in [3.63, 3.8) is 0 Å². The second-order valence-corrected chi connectivity index (χ2v) is 8.17. The third-order valence-corrected chi connectivity index (χ3v) is 5.44. The van der Waals surface area contributed by atoms with Crippen LogP contribution in [0.2, 0.25) is 0 Å². The SMILES string of the molecule is CCCN(CC(=O)N(Cc1ccc2c(c1)OCO2)Cc1ccc(C)o1)C(=O)Nc1ccccc1. The zero-order valence-electron chi connectivity index (χ0n) is 19.5. The van der Waals surface area contributed by atoms with Crippen LogP contribution in [0.25, 0.3) is 0 Å². The number of amides is 3. The second kappa shape index (κ2) is 10.8. The lowest BCUT2D eigenvalue weighted by Crippen LogP contribution is -2.44. The number of nitrogens with zero attached hydrogens (tertiary/aromatic N) is 2. The minimum absolute atomic E-state index is 0.0449. The van der Waals surface area contributed by atoms with Crippen LogP contribution in [0.4, 0.5) is 10.5 Å². The van der Waals surface area contributed by atoms with Crippen molar-refractivity contribution < 1.29 is 23.5 Å². The molecule has 0 bridgehead atoms. The van der Waals surface area contributed by atoms with Crippen LogP contribution in [0.1, 0.15) is 30.4 Å². The Bertz CT molecular complexity index is 1130. The van der Waals surface area contributed by atoms with Crippen LogP contribution in [0.15, 0.2) is 65.1 Å². The first kappa shape index (κ1) is 23.2. The molecule has 4 rings (SSSR count). The first-order valence-electron chi connectivity index (χ1n) is 11.3. The number of hydrogen-bond acceptors (Lipinski definition) is 5. The number of urea groups is 1. The molecule has 3 aromatic rings. The van der Waals surface area contributed by atoms with Crippen LogP contribution >= 0.6 is 0 Å². The number of furan rings is 1. The highest BCUT2D eigenvalue weighted by atomic mass is 16.7. The summed E-state index contributed by atoms with van der Waals surface area (Å²) in [5.41, 5.74) is 1.58. The molecule has 0 spiro atoms. The Labute approximate surface area is 199 Å². The fourth-order valence-corrected chi connectivity index (χ4v) is 3.76. The smallest absolute Gasteiger partial charge is 0.322 e. The highest BCUT2D eigenvalue weighted by molar-refractivity contribution is 5.92. The maximum absolute atomic E-state index is 13.4. The lowest BCUT2D eigenvalue weighted by molar-refractivity contribution is -0.133. The lowest BCUT2D eigenvalue weighted by atomic mass is 10.2. The van der Waals surface area contributed by atoms with Crippen LogP contribution in [-0.2, 0) is 17.9 Å². The molecule has 1 aliphatic rings. The zero-order valence-corrected chi connectivity index (χ0v) is 19.5. The first-order valence-corrected chi connectivity index (χ1v) is 11.3. The quantitative estimate of drug-likeness (QED) is 0.493. The molecule has 8 heteroatoms. The predicted octanol–water partition coefficient (Wildman–Crippen LogP) is 4.79. The molecule has 8 nitrogen and oxygen atoms in total. The van der Waals surface area contributed by atoms with E-state index in [4.69, 9.17) is 13.9 Å². The van der Waals surface area contributed by atoms with Crippen molar-refractivity contribution in [2.45, 2.75) is 33.4 Å². The Morgan fingerprint density at radius 1 is 0.941 bits per heavy atom. The highest BCUT2D eigenvalue weighted by Crippen LogP contribution is 2.33. The molecule has 0 radical (unpaired) electrons. The molecule has 1 aromatic heterocycles. The van der Waals surface area contributed by atoms with E-state index in [1.54, 1.807) is 4.90 Å². The van der Waals surface area contributed by atoms with Gasteiger partial charge in [-0.2, -0.15) is 0 Å². The molecule has 0 saturated carbocycles. The Hall–Kier alpha value is -3.94. The van der Waals surface area contributed by atoms with Crippen LogP contribution in [-0.4, -0.2) is 41.6 Å². The van der Waals surface area contributed by atoms with Gasteiger partial charge in [-0.15, -0.1) is 0 Å². The molecule has 2 aromatic carbocycles. The molecule has 0 saturated heterocycles. The highest BCUT2D eigenvalue weighted by Gasteiger charge is 2.23. The number of anilines is 1. The summed E-state index contributed by atoms with van der Waals surface area (Å²) in [7, 11) is 0. The number of hydrogen-bond donors (Lipinski definition) is 1. The number of ether oxygens (including phenoxy) is 2.